The molecular weight excluding hydrogens is 396 g/mol. The van der Waals surface area contributed by atoms with Gasteiger partial charge in [0, 0.05) is 22.5 Å². The molecule has 0 unspecified atom stereocenters. The molecule has 4 aromatic rings. The number of esters is 1. The number of amides is 1. The van der Waals surface area contributed by atoms with Crippen molar-refractivity contribution in [2.24, 2.45) is 0 Å². The molecule has 0 aliphatic rings. The minimum atomic E-state index is -0.336. The minimum Gasteiger partial charge on any atom is -0.466 e. The zero-order chi connectivity index (χ0) is 19.5. The fourth-order valence-corrected chi connectivity index (χ4v) is 4.22. The smallest absolute Gasteiger partial charge is 0.311 e. The molecule has 142 valence electrons. The minimum absolute atomic E-state index is 0.0882. The van der Waals surface area contributed by atoms with E-state index in [1.165, 1.54) is 22.7 Å². The van der Waals surface area contributed by atoms with Gasteiger partial charge in [0.2, 0.25) is 0 Å². The summed E-state index contributed by atoms with van der Waals surface area (Å²) in [5, 5.41) is 6.72. The van der Waals surface area contributed by atoms with Gasteiger partial charge in [-0.1, -0.05) is 30.3 Å². The first-order valence-electron chi connectivity index (χ1n) is 8.57. The van der Waals surface area contributed by atoms with Gasteiger partial charge in [0.05, 0.1) is 24.4 Å². The molecule has 0 aliphatic heterocycles. The first-order chi connectivity index (χ1) is 13.6. The summed E-state index contributed by atoms with van der Waals surface area (Å²) in [5.41, 5.74) is 2.86. The predicted octanol–water partition coefficient (Wildman–Crippen LogP) is 3.88. The average molecular weight is 412 g/mol. The van der Waals surface area contributed by atoms with E-state index in [2.05, 4.69) is 15.3 Å². The number of hydrogen-bond donors (Lipinski definition) is 1. The summed E-state index contributed by atoms with van der Waals surface area (Å²) in [4.78, 5) is 33.8. The van der Waals surface area contributed by atoms with E-state index in [0.29, 0.717) is 23.1 Å². The number of thiazole rings is 2. The predicted molar refractivity (Wildman–Crippen MR) is 109 cm³/mol. The number of anilines is 1. The average Bonchev–Trinajstić information content (AvgIpc) is 3.38. The molecular formula is C19H16N4O3S2. The highest BCUT2D eigenvalue weighted by Crippen LogP contribution is 2.24. The standard InChI is InChI=1S/C19H16N4O3S2/c1-2-26-16(24)8-13-10-27-18(20-13)22-17(25)15-11-28-19-21-14(9-23(15)19)12-6-4-3-5-7-12/h3-7,9-11H,2,8H2,1H3,(H,20,22,25). The Morgan fingerprint density at radius 2 is 1.96 bits per heavy atom. The molecule has 3 aromatic heterocycles. The molecule has 0 bridgehead atoms. The third kappa shape index (κ3) is 3.80. The van der Waals surface area contributed by atoms with Crippen LogP contribution in [0.1, 0.15) is 23.1 Å². The number of rotatable bonds is 6. The highest BCUT2D eigenvalue weighted by atomic mass is 32.1. The number of nitrogens with one attached hydrogen (secondary N) is 1. The van der Waals surface area contributed by atoms with Gasteiger partial charge in [-0.2, -0.15) is 0 Å². The largest absolute Gasteiger partial charge is 0.466 e. The lowest BCUT2D eigenvalue weighted by Gasteiger charge is -2.00. The zero-order valence-corrected chi connectivity index (χ0v) is 16.5. The molecule has 1 aromatic carbocycles. The molecule has 0 radical (unpaired) electrons. The summed E-state index contributed by atoms with van der Waals surface area (Å²) in [7, 11) is 0. The molecule has 1 amide bonds. The van der Waals surface area contributed by atoms with Crippen LogP contribution in [-0.4, -0.2) is 32.9 Å². The molecule has 0 saturated heterocycles. The highest BCUT2D eigenvalue weighted by Gasteiger charge is 2.17. The van der Waals surface area contributed by atoms with Crippen LogP contribution in [0, 0.1) is 0 Å². The van der Waals surface area contributed by atoms with Gasteiger partial charge < -0.3 is 4.74 Å². The van der Waals surface area contributed by atoms with Gasteiger partial charge in [-0.3, -0.25) is 19.3 Å². The second-order valence-corrected chi connectivity index (χ2v) is 7.54. The van der Waals surface area contributed by atoms with Gasteiger partial charge in [-0.05, 0) is 6.92 Å². The Morgan fingerprint density at radius 3 is 2.75 bits per heavy atom. The van der Waals surface area contributed by atoms with E-state index < -0.39 is 0 Å². The topological polar surface area (TPSA) is 85.6 Å². The van der Waals surface area contributed by atoms with Crippen LogP contribution in [0.5, 0.6) is 0 Å². The van der Waals surface area contributed by atoms with E-state index in [1.807, 2.05) is 36.5 Å². The first-order valence-corrected chi connectivity index (χ1v) is 10.3. The Kier molecular flexibility index (Phi) is 5.18. The monoisotopic (exact) mass is 412 g/mol. The lowest BCUT2D eigenvalue weighted by molar-refractivity contribution is -0.142. The summed E-state index contributed by atoms with van der Waals surface area (Å²) in [5.74, 6) is -0.614. The molecule has 0 saturated carbocycles. The van der Waals surface area contributed by atoms with Crippen LogP contribution in [-0.2, 0) is 16.0 Å². The SMILES string of the molecule is CCOC(=O)Cc1csc(NC(=O)c2csc3nc(-c4ccccc4)cn23)n1. The molecule has 9 heteroatoms. The number of nitrogens with zero attached hydrogens (tertiary/aromatic N) is 3. The number of carbonyl (C=O) groups excluding carboxylic acids is 2. The molecule has 4 rings (SSSR count). The van der Waals surface area contributed by atoms with Crippen molar-refractivity contribution in [2.75, 3.05) is 11.9 Å². The number of hydrogen-bond acceptors (Lipinski definition) is 7. The maximum absolute atomic E-state index is 12.7. The Labute approximate surface area is 168 Å². The maximum Gasteiger partial charge on any atom is 0.311 e. The Balaban J connectivity index is 1.51. The lowest BCUT2D eigenvalue weighted by atomic mass is 10.2. The summed E-state index contributed by atoms with van der Waals surface area (Å²) < 4.78 is 6.68. The second-order valence-electron chi connectivity index (χ2n) is 5.85. The van der Waals surface area contributed by atoms with Crippen LogP contribution in [0.15, 0.2) is 47.3 Å². The molecule has 0 fully saturated rings. The Morgan fingerprint density at radius 1 is 1.14 bits per heavy atom. The fourth-order valence-electron chi connectivity index (χ4n) is 2.66. The van der Waals surface area contributed by atoms with Crippen molar-refractivity contribution in [3.05, 3.63) is 58.7 Å². The van der Waals surface area contributed by atoms with E-state index in [9.17, 15) is 9.59 Å². The summed E-state index contributed by atoms with van der Waals surface area (Å²) in [6.45, 7) is 2.09. The third-order valence-electron chi connectivity index (χ3n) is 3.91. The van der Waals surface area contributed by atoms with Gasteiger partial charge in [-0.25, -0.2) is 9.97 Å². The molecule has 7 nitrogen and oxygen atoms in total. The van der Waals surface area contributed by atoms with E-state index in [0.717, 1.165) is 16.2 Å². The van der Waals surface area contributed by atoms with Gasteiger partial charge in [0.1, 0.15) is 5.69 Å². The van der Waals surface area contributed by atoms with Gasteiger partial charge in [0.25, 0.3) is 5.91 Å². The van der Waals surface area contributed by atoms with E-state index >= 15 is 0 Å². The summed E-state index contributed by atoms with van der Waals surface area (Å²) in [6.07, 6.45) is 1.94. The molecule has 28 heavy (non-hydrogen) atoms. The Bertz CT molecular complexity index is 1130. The van der Waals surface area contributed by atoms with Gasteiger partial charge >= 0.3 is 5.97 Å². The van der Waals surface area contributed by atoms with Crippen molar-refractivity contribution in [1.82, 2.24) is 14.4 Å². The quantitative estimate of drug-likeness (QED) is 0.486. The second kappa shape index (κ2) is 7.91. The van der Waals surface area contributed by atoms with Gasteiger partial charge in [-0.15, -0.1) is 22.7 Å². The third-order valence-corrected chi connectivity index (χ3v) is 5.56. The normalized spacial score (nSPS) is 10.9. The first kappa shape index (κ1) is 18.3. The highest BCUT2D eigenvalue weighted by molar-refractivity contribution is 7.15. The lowest BCUT2D eigenvalue weighted by Crippen LogP contribution is -2.14. The van der Waals surface area contributed by atoms with Crippen LogP contribution in [0.2, 0.25) is 0 Å². The molecule has 1 N–H and O–H groups in total. The van der Waals surface area contributed by atoms with Crippen molar-refractivity contribution in [2.45, 2.75) is 13.3 Å². The van der Waals surface area contributed by atoms with Crippen LogP contribution in [0.25, 0.3) is 16.2 Å². The van der Waals surface area contributed by atoms with Gasteiger partial charge in [0.15, 0.2) is 10.1 Å². The van der Waals surface area contributed by atoms with Crippen LogP contribution < -0.4 is 5.32 Å². The maximum atomic E-state index is 12.7. The number of aromatic nitrogens is 3. The number of carbonyl (C=O) groups is 2. The van der Waals surface area contributed by atoms with E-state index in [-0.39, 0.29) is 18.3 Å². The van der Waals surface area contributed by atoms with E-state index in [1.54, 1.807) is 22.1 Å². The molecule has 3 heterocycles. The van der Waals surface area contributed by atoms with Crippen molar-refractivity contribution in [1.29, 1.82) is 0 Å². The summed E-state index contributed by atoms with van der Waals surface area (Å²) >= 11 is 2.67. The number of ether oxygens (including phenoxy) is 1. The van der Waals surface area contributed by atoms with Crippen molar-refractivity contribution in [3.8, 4) is 11.3 Å². The molecule has 0 atom stereocenters. The van der Waals surface area contributed by atoms with Crippen LogP contribution in [0.4, 0.5) is 5.13 Å². The molecule has 0 spiro atoms. The number of benzene rings is 1. The van der Waals surface area contributed by atoms with E-state index in [4.69, 9.17) is 4.74 Å². The van der Waals surface area contributed by atoms with Crippen molar-refractivity contribution in [3.63, 3.8) is 0 Å². The van der Waals surface area contributed by atoms with Crippen molar-refractivity contribution >= 4 is 44.6 Å². The van der Waals surface area contributed by atoms with Crippen LogP contribution in [0.3, 0.4) is 0 Å². The fraction of sp³-hybridized carbons (Fsp3) is 0.158. The number of imidazole rings is 1. The van der Waals surface area contributed by atoms with Crippen molar-refractivity contribution < 1.29 is 14.3 Å². The Hall–Kier alpha value is -3.04. The van der Waals surface area contributed by atoms with Crippen LogP contribution >= 0.6 is 22.7 Å². The zero-order valence-electron chi connectivity index (χ0n) is 14.9. The summed E-state index contributed by atoms with van der Waals surface area (Å²) in [6, 6.07) is 9.81. The number of fused-ring (bicyclic) bond motifs is 1. The molecule has 0 aliphatic carbocycles.